The summed E-state index contributed by atoms with van der Waals surface area (Å²) in [6.07, 6.45) is 2.90. The number of fused-ring (bicyclic) bond motifs is 1. The van der Waals surface area contributed by atoms with Crippen molar-refractivity contribution < 1.29 is 9.53 Å². The monoisotopic (exact) mass is 248 g/mol. The summed E-state index contributed by atoms with van der Waals surface area (Å²) in [5.74, 6) is 0.713. The van der Waals surface area contributed by atoms with Crippen molar-refractivity contribution in [1.82, 2.24) is 5.32 Å². The normalized spacial score (nSPS) is 17.3. The highest BCUT2D eigenvalue weighted by molar-refractivity contribution is 5.83. The van der Waals surface area contributed by atoms with Gasteiger partial charge in [0, 0.05) is 6.54 Å². The van der Waals surface area contributed by atoms with Crippen molar-refractivity contribution >= 4 is 11.6 Å². The van der Waals surface area contributed by atoms with Crippen molar-refractivity contribution in [2.24, 2.45) is 0 Å². The van der Waals surface area contributed by atoms with Crippen LogP contribution in [0.1, 0.15) is 26.2 Å². The molecule has 0 radical (unpaired) electrons. The van der Waals surface area contributed by atoms with E-state index in [2.05, 4.69) is 17.6 Å². The van der Waals surface area contributed by atoms with Gasteiger partial charge >= 0.3 is 0 Å². The summed E-state index contributed by atoms with van der Waals surface area (Å²) in [6, 6.07) is 7.67. The lowest BCUT2D eigenvalue weighted by Gasteiger charge is -2.26. The van der Waals surface area contributed by atoms with Gasteiger partial charge in [-0.15, -0.1) is 0 Å². The summed E-state index contributed by atoms with van der Waals surface area (Å²) >= 11 is 0. The molecule has 98 valence electrons. The Bertz CT molecular complexity index is 407. The topological polar surface area (TPSA) is 50.4 Å². The summed E-state index contributed by atoms with van der Waals surface area (Å²) in [5.41, 5.74) is 0.951. The Labute approximate surface area is 108 Å². The SMILES string of the molecule is CCCCCNC(=O)C1CNc2ccccc2O1. The zero-order valence-electron chi connectivity index (χ0n) is 10.7. The van der Waals surface area contributed by atoms with Crippen molar-refractivity contribution in [3.8, 4) is 5.75 Å². The summed E-state index contributed by atoms with van der Waals surface area (Å²) < 4.78 is 5.68. The van der Waals surface area contributed by atoms with Crippen LogP contribution in [-0.4, -0.2) is 25.1 Å². The van der Waals surface area contributed by atoms with Crippen molar-refractivity contribution in [2.75, 3.05) is 18.4 Å². The molecule has 0 saturated heterocycles. The van der Waals surface area contributed by atoms with Gasteiger partial charge in [0.15, 0.2) is 6.10 Å². The van der Waals surface area contributed by atoms with E-state index in [-0.39, 0.29) is 5.91 Å². The molecular weight excluding hydrogens is 228 g/mol. The van der Waals surface area contributed by atoms with Crippen LogP contribution in [0.15, 0.2) is 24.3 Å². The molecule has 0 bridgehead atoms. The lowest BCUT2D eigenvalue weighted by molar-refractivity contribution is -0.127. The largest absolute Gasteiger partial charge is 0.477 e. The molecule has 1 aliphatic heterocycles. The van der Waals surface area contributed by atoms with Gasteiger partial charge in [-0.05, 0) is 18.6 Å². The molecule has 0 spiro atoms. The highest BCUT2D eigenvalue weighted by Gasteiger charge is 2.24. The van der Waals surface area contributed by atoms with Gasteiger partial charge < -0.3 is 15.4 Å². The van der Waals surface area contributed by atoms with E-state index in [4.69, 9.17) is 4.74 Å². The minimum atomic E-state index is -0.429. The number of rotatable bonds is 5. The Morgan fingerprint density at radius 2 is 2.28 bits per heavy atom. The van der Waals surface area contributed by atoms with Crippen molar-refractivity contribution in [2.45, 2.75) is 32.3 Å². The number of carbonyl (C=O) groups is 1. The first-order chi connectivity index (χ1) is 8.81. The van der Waals surface area contributed by atoms with Gasteiger partial charge in [0.2, 0.25) is 0 Å². The van der Waals surface area contributed by atoms with Crippen LogP contribution in [0.4, 0.5) is 5.69 Å². The number of hydrogen-bond donors (Lipinski definition) is 2. The molecule has 1 atom stereocenters. The van der Waals surface area contributed by atoms with Gasteiger partial charge in [0.25, 0.3) is 5.91 Å². The van der Waals surface area contributed by atoms with Crippen LogP contribution < -0.4 is 15.4 Å². The van der Waals surface area contributed by atoms with Crippen molar-refractivity contribution in [1.29, 1.82) is 0 Å². The van der Waals surface area contributed by atoms with E-state index in [0.717, 1.165) is 37.2 Å². The molecule has 4 heteroatoms. The van der Waals surface area contributed by atoms with E-state index in [9.17, 15) is 4.79 Å². The molecule has 0 aromatic heterocycles. The minimum absolute atomic E-state index is 0.0342. The minimum Gasteiger partial charge on any atom is -0.477 e. The second-order valence-corrected chi connectivity index (χ2v) is 4.48. The fourth-order valence-electron chi connectivity index (χ4n) is 1.96. The molecular formula is C14H20N2O2. The predicted molar refractivity (Wildman–Crippen MR) is 71.9 cm³/mol. The lowest BCUT2D eigenvalue weighted by atomic mass is 10.2. The zero-order valence-corrected chi connectivity index (χ0v) is 10.7. The van der Waals surface area contributed by atoms with Gasteiger partial charge in [0.1, 0.15) is 5.75 Å². The number of amides is 1. The van der Waals surface area contributed by atoms with Crippen LogP contribution in [0, 0.1) is 0 Å². The third kappa shape index (κ3) is 3.15. The van der Waals surface area contributed by atoms with E-state index < -0.39 is 6.10 Å². The Balaban J connectivity index is 1.83. The van der Waals surface area contributed by atoms with E-state index in [0.29, 0.717) is 6.54 Å². The molecule has 1 aromatic carbocycles. The molecule has 2 N–H and O–H groups in total. The van der Waals surface area contributed by atoms with Gasteiger partial charge in [-0.2, -0.15) is 0 Å². The highest BCUT2D eigenvalue weighted by Crippen LogP contribution is 2.28. The maximum atomic E-state index is 11.9. The Kier molecular flexibility index (Phi) is 4.45. The number of para-hydroxylation sites is 2. The summed E-state index contributed by atoms with van der Waals surface area (Å²) in [6.45, 7) is 3.40. The molecule has 1 heterocycles. The first-order valence-electron chi connectivity index (χ1n) is 6.58. The molecule has 1 aliphatic rings. The number of hydrogen-bond acceptors (Lipinski definition) is 3. The van der Waals surface area contributed by atoms with Crippen LogP contribution in [0.3, 0.4) is 0 Å². The fourth-order valence-corrected chi connectivity index (χ4v) is 1.96. The summed E-state index contributed by atoms with van der Waals surface area (Å²) in [7, 11) is 0. The number of benzene rings is 1. The number of carbonyl (C=O) groups excluding carboxylic acids is 1. The highest BCUT2D eigenvalue weighted by atomic mass is 16.5. The zero-order chi connectivity index (χ0) is 12.8. The maximum Gasteiger partial charge on any atom is 0.262 e. The van der Waals surface area contributed by atoms with Crippen molar-refractivity contribution in [3.63, 3.8) is 0 Å². The lowest BCUT2D eigenvalue weighted by Crippen LogP contribution is -2.44. The van der Waals surface area contributed by atoms with E-state index in [1.807, 2.05) is 24.3 Å². The molecule has 18 heavy (non-hydrogen) atoms. The average molecular weight is 248 g/mol. The second kappa shape index (κ2) is 6.28. The van der Waals surface area contributed by atoms with Gasteiger partial charge in [-0.1, -0.05) is 31.9 Å². The molecule has 0 fully saturated rings. The molecule has 0 saturated carbocycles. The number of unbranched alkanes of at least 4 members (excludes halogenated alkanes) is 2. The summed E-state index contributed by atoms with van der Waals surface area (Å²) in [5, 5.41) is 6.12. The fraction of sp³-hybridized carbons (Fsp3) is 0.500. The number of ether oxygens (including phenoxy) is 1. The van der Waals surface area contributed by atoms with Crippen LogP contribution in [0.5, 0.6) is 5.75 Å². The Morgan fingerprint density at radius 1 is 1.44 bits per heavy atom. The molecule has 1 amide bonds. The standard InChI is InChI=1S/C14H20N2O2/c1-2-3-6-9-15-14(17)13-10-16-11-7-4-5-8-12(11)18-13/h4-5,7-8,13,16H,2-3,6,9-10H2,1H3,(H,15,17). The molecule has 2 rings (SSSR count). The number of anilines is 1. The first kappa shape index (κ1) is 12.7. The van der Waals surface area contributed by atoms with Crippen LogP contribution in [0.25, 0.3) is 0 Å². The maximum absolute atomic E-state index is 11.9. The van der Waals surface area contributed by atoms with E-state index >= 15 is 0 Å². The van der Waals surface area contributed by atoms with Gasteiger partial charge in [0.05, 0.1) is 12.2 Å². The average Bonchev–Trinajstić information content (AvgIpc) is 2.43. The predicted octanol–water partition coefficient (Wildman–Crippen LogP) is 2.17. The van der Waals surface area contributed by atoms with Crippen LogP contribution in [0.2, 0.25) is 0 Å². The molecule has 1 unspecified atom stereocenters. The van der Waals surface area contributed by atoms with E-state index in [1.165, 1.54) is 0 Å². The first-order valence-corrected chi connectivity index (χ1v) is 6.58. The smallest absolute Gasteiger partial charge is 0.262 e. The van der Waals surface area contributed by atoms with Crippen LogP contribution >= 0.6 is 0 Å². The summed E-state index contributed by atoms with van der Waals surface area (Å²) in [4.78, 5) is 11.9. The molecule has 1 aromatic rings. The third-order valence-corrected chi connectivity index (χ3v) is 3.01. The second-order valence-electron chi connectivity index (χ2n) is 4.48. The quantitative estimate of drug-likeness (QED) is 0.785. The van der Waals surface area contributed by atoms with E-state index in [1.54, 1.807) is 0 Å². The Hall–Kier alpha value is -1.71. The van der Waals surface area contributed by atoms with Crippen LogP contribution in [-0.2, 0) is 4.79 Å². The third-order valence-electron chi connectivity index (χ3n) is 3.01. The van der Waals surface area contributed by atoms with Gasteiger partial charge in [-0.25, -0.2) is 0 Å². The van der Waals surface area contributed by atoms with Gasteiger partial charge in [-0.3, -0.25) is 4.79 Å². The number of nitrogens with one attached hydrogen (secondary N) is 2. The molecule has 0 aliphatic carbocycles. The Morgan fingerprint density at radius 3 is 3.11 bits per heavy atom. The van der Waals surface area contributed by atoms with Crippen molar-refractivity contribution in [3.05, 3.63) is 24.3 Å². The molecule has 4 nitrogen and oxygen atoms in total.